The van der Waals surface area contributed by atoms with Gasteiger partial charge in [-0.1, -0.05) is 47.7 Å². The summed E-state index contributed by atoms with van der Waals surface area (Å²) in [5.74, 6) is 0. The molecule has 3 aromatic rings. The SMILES string of the molecule is c1ccc(C2COC3N2C2CCC34C(CCCC4n3nnc4ccccc43)O2)cc1. The fraction of sp³-hybridized carbons (Fsp3) is 0.500. The van der Waals surface area contributed by atoms with Gasteiger partial charge < -0.3 is 9.47 Å². The average Bonchev–Trinajstić information content (AvgIpc) is 3.45. The molecular formula is C24H26N4O2. The molecule has 1 saturated carbocycles. The van der Waals surface area contributed by atoms with Gasteiger partial charge in [-0.05, 0) is 49.8 Å². The zero-order valence-electron chi connectivity index (χ0n) is 16.9. The van der Waals surface area contributed by atoms with E-state index in [2.05, 4.69) is 68.4 Å². The maximum Gasteiger partial charge on any atom is 0.123 e. The van der Waals surface area contributed by atoms with E-state index in [1.807, 2.05) is 6.07 Å². The van der Waals surface area contributed by atoms with Crippen molar-refractivity contribution in [3.8, 4) is 0 Å². The summed E-state index contributed by atoms with van der Waals surface area (Å²) in [6.45, 7) is 0.730. The molecule has 4 saturated heterocycles. The number of piperidine rings is 1. The predicted molar refractivity (Wildman–Crippen MR) is 112 cm³/mol. The fourth-order valence-electron chi connectivity index (χ4n) is 6.78. The van der Waals surface area contributed by atoms with Crippen LogP contribution in [0, 0.1) is 5.41 Å². The topological polar surface area (TPSA) is 52.4 Å². The lowest BCUT2D eigenvalue weighted by atomic mass is 9.60. The molecule has 5 heterocycles. The second-order valence-electron chi connectivity index (χ2n) is 9.26. The van der Waals surface area contributed by atoms with Gasteiger partial charge in [0.25, 0.3) is 0 Å². The van der Waals surface area contributed by atoms with E-state index < -0.39 is 0 Å². The third-order valence-corrected chi connectivity index (χ3v) is 8.00. The number of fused-ring (bicyclic) bond motifs is 2. The second-order valence-corrected chi connectivity index (χ2v) is 9.26. The Labute approximate surface area is 175 Å². The summed E-state index contributed by atoms with van der Waals surface area (Å²) in [4.78, 5) is 2.53. The van der Waals surface area contributed by atoms with Crippen molar-refractivity contribution >= 4 is 11.0 Å². The van der Waals surface area contributed by atoms with Crippen LogP contribution in [0.1, 0.15) is 49.8 Å². The minimum Gasteiger partial charge on any atom is -0.360 e. The minimum absolute atomic E-state index is 0.0764. The second kappa shape index (κ2) is 6.36. The Hall–Kier alpha value is -2.28. The number of hydrogen-bond donors (Lipinski definition) is 0. The molecule has 6 heteroatoms. The van der Waals surface area contributed by atoms with E-state index in [0.29, 0.717) is 0 Å². The van der Waals surface area contributed by atoms with E-state index in [-0.39, 0.29) is 36.1 Å². The Balaban J connectivity index is 1.34. The number of rotatable bonds is 2. The van der Waals surface area contributed by atoms with Gasteiger partial charge in [0.1, 0.15) is 18.0 Å². The highest BCUT2D eigenvalue weighted by molar-refractivity contribution is 5.74. The molecule has 6 atom stereocenters. The highest BCUT2D eigenvalue weighted by Gasteiger charge is 2.67. The van der Waals surface area contributed by atoms with Crippen LogP contribution in [-0.4, -0.2) is 45.1 Å². The normalized spacial score (nSPS) is 37.9. The fourth-order valence-corrected chi connectivity index (χ4v) is 6.78. The van der Waals surface area contributed by atoms with Gasteiger partial charge in [0.2, 0.25) is 0 Å². The van der Waals surface area contributed by atoms with E-state index in [9.17, 15) is 0 Å². The van der Waals surface area contributed by atoms with Crippen LogP contribution in [0.4, 0.5) is 0 Å². The molecule has 0 amide bonds. The number of hydrogen-bond acceptors (Lipinski definition) is 5. The molecule has 154 valence electrons. The molecule has 5 aliphatic rings. The molecule has 1 aliphatic carbocycles. The van der Waals surface area contributed by atoms with Crippen molar-refractivity contribution in [2.45, 2.75) is 62.7 Å². The Morgan fingerprint density at radius 2 is 1.83 bits per heavy atom. The van der Waals surface area contributed by atoms with Crippen LogP contribution in [0.5, 0.6) is 0 Å². The lowest BCUT2D eigenvalue weighted by molar-refractivity contribution is -0.326. The molecule has 30 heavy (non-hydrogen) atoms. The highest BCUT2D eigenvalue weighted by atomic mass is 16.6. The lowest BCUT2D eigenvalue weighted by Crippen LogP contribution is -2.69. The van der Waals surface area contributed by atoms with E-state index in [1.165, 1.54) is 5.56 Å². The van der Waals surface area contributed by atoms with Crippen molar-refractivity contribution in [1.29, 1.82) is 0 Å². The molecule has 2 bridgehead atoms. The van der Waals surface area contributed by atoms with E-state index in [4.69, 9.17) is 9.47 Å². The van der Waals surface area contributed by atoms with Crippen LogP contribution in [0.15, 0.2) is 54.6 Å². The summed E-state index contributed by atoms with van der Waals surface area (Å²) in [5.41, 5.74) is 3.33. The number of ether oxygens (including phenoxy) is 2. The summed E-state index contributed by atoms with van der Waals surface area (Å²) < 4.78 is 15.6. The summed E-state index contributed by atoms with van der Waals surface area (Å²) in [6, 6.07) is 19.6. The molecule has 1 spiro atoms. The van der Waals surface area contributed by atoms with Crippen LogP contribution in [0.2, 0.25) is 0 Å². The molecule has 6 unspecified atom stereocenters. The first-order valence-corrected chi connectivity index (χ1v) is 11.3. The maximum absolute atomic E-state index is 6.77. The summed E-state index contributed by atoms with van der Waals surface area (Å²) >= 11 is 0. The van der Waals surface area contributed by atoms with Crippen LogP contribution in [-0.2, 0) is 9.47 Å². The van der Waals surface area contributed by atoms with Crippen molar-refractivity contribution < 1.29 is 9.47 Å². The molecule has 1 aromatic heterocycles. The zero-order valence-corrected chi connectivity index (χ0v) is 16.9. The van der Waals surface area contributed by atoms with Crippen LogP contribution < -0.4 is 0 Å². The van der Waals surface area contributed by atoms with Crippen molar-refractivity contribution in [2.75, 3.05) is 6.61 Å². The van der Waals surface area contributed by atoms with E-state index in [1.54, 1.807) is 0 Å². The van der Waals surface area contributed by atoms with Gasteiger partial charge in [0.05, 0.1) is 35.7 Å². The molecule has 5 fully saturated rings. The third kappa shape index (κ3) is 2.19. The number of nitrogens with zero attached hydrogens (tertiary/aromatic N) is 4. The van der Waals surface area contributed by atoms with Crippen LogP contribution >= 0.6 is 0 Å². The summed E-state index contributed by atoms with van der Waals surface area (Å²) in [5, 5.41) is 9.12. The van der Waals surface area contributed by atoms with E-state index in [0.717, 1.165) is 49.7 Å². The number of benzene rings is 2. The zero-order chi connectivity index (χ0) is 19.7. The van der Waals surface area contributed by atoms with Gasteiger partial charge in [0, 0.05) is 0 Å². The first-order valence-electron chi connectivity index (χ1n) is 11.3. The molecule has 8 rings (SSSR count). The monoisotopic (exact) mass is 402 g/mol. The number of aromatic nitrogens is 3. The first-order chi connectivity index (χ1) is 14.9. The Morgan fingerprint density at radius 1 is 0.967 bits per heavy atom. The Morgan fingerprint density at radius 3 is 2.77 bits per heavy atom. The first kappa shape index (κ1) is 17.4. The van der Waals surface area contributed by atoms with Crippen molar-refractivity contribution in [2.24, 2.45) is 5.41 Å². The van der Waals surface area contributed by atoms with Crippen LogP contribution in [0.25, 0.3) is 11.0 Å². The van der Waals surface area contributed by atoms with Crippen LogP contribution in [0.3, 0.4) is 0 Å². The molecule has 0 N–H and O–H groups in total. The maximum atomic E-state index is 6.77. The van der Waals surface area contributed by atoms with Crippen molar-refractivity contribution in [3.05, 3.63) is 60.2 Å². The largest absolute Gasteiger partial charge is 0.360 e. The van der Waals surface area contributed by atoms with Crippen molar-refractivity contribution in [3.63, 3.8) is 0 Å². The molecular weight excluding hydrogens is 376 g/mol. The third-order valence-electron chi connectivity index (χ3n) is 8.00. The highest BCUT2D eigenvalue weighted by Crippen LogP contribution is 2.62. The predicted octanol–water partition coefficient (Wildman–Crippen LogP) is 4.06. The Kier molecular flexibility index (Phi) is 3.69. The smallest absolute Gasteiger partial charge is 0.123 e. The minimum atomic E-state index is -0.0764. The van der Waals surface area contributed by atoms with Gasteiger partial charge in [-0.15, -0.1) is 5.10 Å². The Bertz CT molecular complexity index is 1090. The average molecular weight is 402 g/mol. The molecule has 6 nitrogen and oxygen atoms in total. The summed E-state index contributed by atoms with van der Waals surface area (Å²) in [6.07, 6.45) is 6.02. The molecule has 4 aliphatic heterocycles. The van der Waals surface area contributed by atoms with Gasteiger partial charge in [-0.25, -0.2) is 9.58 Å². The van der Waals surface area contributed by atoms with Gasteiger partial charge in [0.15, 0.2) is 0 Å². The molecule has 2 aromatic carbocycles. The summed E-state index contributed by atoms with van der Waals surface area (Å²) in [7, 11) is 0. The lowest BCUT2D eigenvalue weighted by Gasteiger charge is -2.63. The standard InChI is InChI=1S/C24H26N4O2/c1-2-7-16(8-3-1)19-15-29-23-24-14-13-22(27(19)23)30-21(24)12-6-11-20(24)28-18-10-5-4-9-17(18)25-26-28/h1-5,7-10,19-23H,6,11-15H2. The molecule has 0 radical (unpaired) electrons. The van der Waals surface area contributed by atoms with Gasteiger partial charge in [-0.2, -0.15) is 0 Å². The van der Waals surface area contributed by atoms with E-state index >= 15 is 0 Å². The van der Waals surface area contributed by atoms with Gasteiger partial charge >= 0.3 is 0 Å². The quantitative estimate of drug-likeness (QED) is 0.647. The van der Waals surface area contributed by atoms with Crippen molar-refractivity contribution in [1.82, 2.24) is 19.9 Å². The number of para-hydroxylation sites is 1. The van der Waals surface area contributed by atoms with Gasteiger partial charge in [-0.3, -0.25) is 0 Å².